The molecule has 0 heterocycles. The lowest BCUT2D eigenvalue weighted by Gasteiger charge is -2.18. The molecular weight excluding hydrogens is 318 g/mol. The van der Waals surface area contributed by atoms with E-state index in [-0.39, 0.29) is 5.97 Å². The number of hydrogen-bond donors (Lipinski definition) is 1. The van der Waals surface area contributed by atoms with E-state index in [1.54, 1.807) is 6.07 Å². The van der Waals surface area contributed by atoms with Gasteiger partial charge in [-0.15, -0.1) is 0 Å². The third kappa shape index (κ3) is 3.46. The van der Waals surface area contributed by atoms with Gasteiger partial charge in [0.1, 0.15) is 6.04 Å². The highest BCUT2D eigenvalue weighted by Gasteiger charge is 2.27. The summed E-state index contributed by atoms with van der Waals surface area (Å²) in [6.07, 6.45) is 2.46. The molecule has 98 valence electrons. The lowest BCUT2D eigenvalue weighted by molar-refractivity contribution is -0.143. The summed E-state index contributed by atoms with van der Waals surface area (Å²) in [6, 6.07) is 5.01. The molecule has 0 aromatic heterocycles. The third-order valence-electron chi connectivity index (χ3n) is 3.02. The van der Waals surface area contributed by atoms with Gasteiger partial charge < -0.3 is 10.1 Å². The highest BCUT2D eigenvalue weighted by molar-refractivity contribution is 9.10. The molecule has 2 rings (SSSR count). The van der Waals surface area contributed by atoms with Crippen molar-refractivity contribution in [3.8, 4) is 0 Å². The molecule has 1 unspecified atom stereocenters. The number of rotatable bonds is 5. The zero-order valence-corrected chi connectivity index (χ0v) is 12.4. The van der Waals surface area contributed by atoms with E-state index in [9.17, 15) is 4.79 Å². The van der Waals surface area contributed by atoms with Gasteiger partial charge in [-0.3, -0.25) is 0 Å². The van der Waals surface area contributed by atoms with Crippen molar-refractivity contribution in [2.75, 3.05) is 13.7 Å². The summed E-state index contributed by atoms with van der Waals surface area (Å²) in [4.78, 5) is 11.8. The SMILES string of the molecule is COC(=O)C(NCC1CC1)c1ccc(Br)cc1Cl. The van der Waals surface area contributed by atoms with Gasteiger partial charge in [0.2, 0.25) is 0 Å². The Morgan fingerprint density at radius 3 is 2.89 bits per heavy atom. The van der Waals surface area contributed by atoms with E-state index in [4.69, 9.17) is 16.3 Å². The van der Waals surface area contributed by atoms with Crippen LogP contribution in [0.25, 0.3) is 0 Å². The van der Waals surface area contributed by atoms with E-state index in [0.717, 1.165) is 16.6 Å². The van der Waals surface area contributed by atoms with Crippen LogP contribution in [0.15, 0.2) is 22.7 Å². The molecule has 1 aliphatic rings. The summed E-state index contributed by atoms with van der Waals surface area (Å²) in [5.74, 6) is 0.381. The summed E-state index contributed by atoms with van der Waals surface area (Å²) >= 11 is 9.53. The van der Waals surface area contributed by atoms with Crippen molar-refractivity contribution in [1.82, 2.24) is 5.32 Å². The second-order valence-corrected chi connectivity index (χ2v) is 5.80. The van der Waals surface area contributed by atoms with Gasteiger partial charge in [-0.1, -0.05) is 33.6 Å². The first kappa shape index (κ1) is 13.8. The van der Waals surface area contributed by atoms with E-state index in [0.29, 0.717) is 10.9 Å². The van der Waals surface area contributed by atoms with Crippen molar-refractivity contribution in [2.45, 2.75) is 18.9 Å². The molecule has 1 atom stereocenters. The van der Waals surface area contributed by atoms with Gasteiger partial charge in [-0.2, -0.15) is 0 Å². The van der Waals surface area contributed by atoms with Gasteiger partial charge in [0.05, 0.1) is 7.11 Å². The molecule has 5 heteroatoms. The number of benzene rings is 1. The number of halogens is 2. The molecule has 18 heavy (non-hydrogen) atoms. The largest absolute Gasteiger partial charge is 0.468 e. The Hall–Kier alpha value is -0.580. The van der Waals surface area contributed by atoms with E-state index in [1.165, 1.54) is 20.0 Å². The predicted molar refractivity (Wildman–Crippen MR) is 74.6 cm³/mol. The summed E-state index contributed by atoms with van der Waals surface area (Å²) in [6.45, 7) is 0.826. The van der Waals surface area contributed by atoms with Crippen LogP contribution in [0.1, 0.15) is 24.4 Å². The number of methoxy groups -OCH3 is 1. The standard InChI is InChI=1S/C13H15BrClNO2/c1-18-13(17)12(16-7-8-2-3-8)10-5-4-9(14)6-11(10)15/h4-6,8,12,16H,2-3,7H2,1H3. The van der Waals surface area contributed by atoms with Gasteiger partial charge in [-0.05, 0) is 43.0 Å². The van der Waals surface area contributed by atoms with Crippen LogP contribution in [-0.4, -0.2) is 19.6 Å². The Bertz CT molecular complexity index is 449. The van der Waals surface area contributed by atoms with Gasteiger partial charge in [0, 0.05) is 9.50 Å². The average molecular weight is 333 g/mol. The molecule has 1 aliphatic carbocycles. The number of nitrogens with one attached hydrogen (secondary N) is 1. The van der Waals surface area contributed by atoms with E-state index in [2.05, 4.69) is 21.2 Å². The minimum absolute atomic E-state index is 0.306. The summed E-state index contributed by atoms with van der Waals surface area (Å²) < 4.78 is 5.72. The quantitative estimate of drug-likeness (QED) is 0.841. The molecule has 1 aromatic carbocycles. The minimum atomic E-state index is -0.490. The molecule has 1 N–H and O–H groups in total. The molecule has 0 radical (unpaired) electrons. The first-order valence-electron chi connectivity index (χ1n) is 5.88. The van der Waals surface area contributed by atoms with Crippen LogP contribution in [0.2, 0.25) is 5.02 Å². The minimum Gasteiger partial charge on any atom is -0.468 e. The molecule has 1 aromatic rings. The highest BCUT2D eigenvalue weighted by Crippen LogP contribution is 2.31. The number of ether oxygens (including phenoxy) is 1. The van der Waals surface area contributed by atoms with Crippen molar-refractivity contribution < 1.29 is 9.53 Å². The van der Waals surface area contributed by atoms with Gasteiger partial charge in [0.15, 0.2) is 0 Å². The van der Waals surface area contributed by atoms with E-state index in [1.807, 2.05) is 12.1 Å². The fourth-order valence-electron chi connectivity index (χ4n) is 1.78. The average Bonchev–Trinajstić information content (AvgIpc) is 3.15. The lowest BCUT2D eigenvalue weighted by Crippen LogP contribution is -2.31. The normalized spacial score (nSPS) is 16.4. The van der Waals surface area contributed by atoms with Crippen LogP contribution in [0, 0.1) is 5.92 Å². The summed E-state index contributed by atoms with van der Waals surface area (Å²) in [5, 5.41) is 3.79. The zero-order valence-electron chi connectivity index (χ0n) is 10.1. The maximum atomic E-state index is 11.8. The first-order valence-corrected chi connectivity index (χ1v) is 7.05. The van der Waals surface area contributed by atoms with Crippen LogP contribution >= 0.6 is 27.5 Å². The maximum Gasteiger partial charge on any atom is 0.327 e. The number of esters is 1. The van der Waals surface area contributed by atoms with Crippen molar-refractivity contribution in [3.05, 3.63) is 33.3 Å². The van der Waals surface area contributed by atoms with Crippen LogP contribution < -0.4 is 5.32 Å². The monoisotopic (exact) mass is 331 g/mol. The van der Waals surface area contributed by atoms with Gasteiger partial charge in [-0.25, -0.2) is 4.79 Å². The predicted octanol–water partition coefficient (Wildman–Crippen LogP) is 3.32. The van der Waals surface area contributed by atoms with Crippen LogP contribution in [-0.2, 0) is 9.53 Å². The van der Waals surface area contributed by atoms with Crippen LogP contribution in [0.4, 0.5) is 0 Å². The third-order valence-corrected chi connectivity index (χ3v) is 3.84. The Balaban J connectivity index is 2.17. The molecule has 0 aliphatic heterocycles. The van der Waals surface area contributed by atoms with Crippen molar-refractivity contribution in [1.29, 1.82) is 0 Å². The Kier molecular flexibility index (Phi) is 4.65. The van der Waals surface area contributed by atoms with E-state index < -0.39 is 6.04 Å². The van der Waals surface area contributed by atoms with Gasteiger partial charge >= 0.3 is 5.97 Å². The van der Waals surface area contributed by atoms with E-state index >= 15 is 0 Å². The van der Waals surface area contributed by atoms with Crippen LogP contribution in [0.5, 0.6) is 0 Å². The van der Waals surface area contributed by atoms with Crippen LogP contribution in [0.3, 0.4) is 0 Å². The molecule has 3 nitrogen and oxygen atoms in total. The molecule has 0 amide bonds. The fourth-order valence-corrected chi connectivity index (χ4v) is 2.56. The Morgan fingerprint density at radius 1 is 1.61 bits per heavy atom. The molecule has 1 fully saturated rings. The smallest absolute Gasteiger partial charge is 0.327 e. The summed E-state index contributed by atoms with van der Waals surface area (Å²) in [7, 11) is 1.39. The second kappa shape index (κ2) is 6.04. The molecule has 1 saturated carbocycles. The fraction of sp³-hybridized carbons (Fsp3) is 0.462. The van der Waals surface area contributed by atoms with Crippen molar-refractivity contribution in [3.63, 3.8) is 0 Å². The van der Waals surface area contributed by atoms with Crippen molar-refractivity contribution >= 4 is 33.5 Å². The highest BCUT2D eigenvalue weighted by atomic mass is 79.9. The molecule has 0 spiro atoms. The Labute approximate surface area is 120 Å². The zero-order chi connectivity index (χ0) is 13.1. The molecular formula is C13H15BrClNO2. The van der Waals surface area contributed by atoms with Gasteiger partial charge in [0.25, 0.3) is 0 Å². The van der Waals surface area contributed by atoms with Crippen molar-refractivity contribution in [2.24, 2.45) is 5.92 Å². The molecule has 0 bridgehead atoms. The first-order chi connectivity index (χ1) is 8.61. The second-order valence-electron chi connectivity index (χ2n) is 4.47. The number of carbonyl (C=O) groups is 1. The Morgan fingerprint density at radius 2 is 2.33 bits per heavy atom. The summed E-state index contributed by atoms with van der Waals surface area (Å²) in [5.41, 5.74) is 0.757. The number of carbonyl (C=O) groups excluding carboxylic acids is 1. The molecule has 0 saturated heterocycles. The number of hydrogen-bond acceptors (Lipinski definition) is 3. The lowest BCUT2D eigenvalue weighted by atomic mass is 10.1. The topological polar surface area (TPSA) is 38.3 Å². The maximum absolute atomic E-state index is 11.8.